The number of amides is 2. The minimum absolute atomic E-state index is 0.277. The Morgan fingerprint density at radius 1 is 0.767 bits per heavy atom. The summed E-state index contributed by atoms with van der Waals surface area (Å²) in [5.74, 6) is -0.408. The Bertz CT molecular complexity index is 900. The molecule has 1 N–H and O–H groups in total. The Hall–Kier alpha value is -3.40. The number of alkyl carbamates (subject to hydrolysis) is 1. The van der Waals surface area contributed by atoms with Gasteiger partial charge in [0.25, 0.3) is 0 Å². The Morgan fingerprint density at radius 3 is 1.80 bits per heavy atom. The summed E-state index contributed by atoms with van der Waals surface area (Å²) in [5, 5.41) is 2.43. The van der Waals surface area contributed by atoms with E-state index in [4.69, 9.17) is 4.74 Å². The first-order chi connectivity index (χ1) is 14.6. The fourth-order valence-corrected chi connectivity index (χ4v) is 3.47. The van der Waals surface area contributed by atoms with Crippen LogP contribution in [0.25, 0.3) is 0 Å². The number of aryl methyl sites for hydroxylation is 1. The van der Waals surface area contributed by atoms with Gasteiger partial charge in [-0.05, 0) is 42.9 Å². The molecule has 0 aromatic heterocycles. The van der Waals surface area contributed by atoms with Crippen LogP contribution in [0, 0.1) is 0 Å². The van der Waals surface area contributed by atoms with Crippen LogP contribution in [-0.4, -0.2) is 18.6 Å². The Morgan fingerprint density at radius 2 is 1.27 bits per heavy atom. The summed E-state index contributed by atoms with van der Waals surface area (Å²) in [4.78, 5) is 25.4. The van der Waals surface area contributed by atoms with E-state index in [0.29, 0.717) is 0 Å². The van der Waals surface area contributed by atoms with Gasteiger partial charge in [-0.3, -0.25) is 10.1 Å². The molecule has 0 fully saturated rings. The number of benzene rings is 3. The van der Waals surface area contributed by atoms with Crippen LogP contribution in [0.4, 0.5) is 4.79 Å². The molecular formula is C26H27NO3. The summed E-state index contributed by atoms with van der Waals surface area (Å²) in [7, 11) is 0. The lowest BCUT2D eigenvalue weighted by molar-refractivity contribution is -0.124. The molecule has 4 heteroatoms. The van der Waals surface area contributed by atoms with Crippen molar-refractivity contribution in [3.8, 4) is 0 Å². The molecule has 0 aliphatic heterocycles. The van der Waals surface area contributed by atoms with Crippen LogP contribution in [0.5, 0.6) is 0 Å². The van der Waals surface area contributed by atoms with Crippen molar-refractivity contribution in [3.63, 3.8) is 0 Å². The van der Waals surface area contributed by atoms with Gasteiger partial charge in [-0.1, -0.05) is 91.0 Å². The van der Waals surface area contributed by atoms with Crippen molar-refractivity contribution < 1.29 is 14.3 Å². The summed E-state index contributed by atoms with van der Waals surface area (Å²) in [5.41, 5.74) is 1.88. The van der Waals surface area contributed by atoms with E-state index in [1.807, 2.05) is 85.8 Å². The van der Waals surface area contributed by atoms with Gasteiger partial charge in [0.1, 0.15) is 0 Å². The molecule has 0 aliphatic carbocycles. The fraction of sp³-hybridized carbons (Fsp3) is 0.231. The van der Waals surface area contributed by atoms with Crippen molar-refractivity contribution in [1.82, 2.24) is 5.32 Å². The quantitative estimate of drug-likeness (QED) is 0.523. The van der Waals surface area contributed by atoms with Crippen LogP contribution in [0.3, 0.4) is 0 Å². The Kier molecular flexibility index (Phi) is 7.39. The van der Waals surface area contributed by atoms with E-state index in [9.17, 15) is 9.59 Å². The SMILES string of the molecule is CC(C(=O)NC(=O)OCCCCc1ccccc1)(c1ccccc1)c1ccccc1. The monoisotopic (exact) mass is 401 g/mol. The zero-order valence-electron chi connectivity index (χ0n) is 17.2. The van der Waals surface area contributed by atoms with E-state index in [2.05, 4.69) is 17.4 Å². The van der Waals surface area contributed by atoms with Gasteiger partial charge in [0, 0.05) is 0 Å². The molecule has 4 nitrogen and oxygen atoms in total. The molecule has 0 radical (unpaired) electrons. The second-order valence-electron chi connectivity index (χ2n) is 7.39. The first kappa shape index (κ1) is 21.3. The minimum Gasteiger partial charge on any atom is -0.449 e. The highest BCUT2D eigenvalue weighted by atomic mass is 16.5. The van der Waals surface area contributed by atoms with Crippen LogP contribution in [-0.2, 0) is 21.4 Å². The molecule has 0 atom stereocenters. The summed E-state index contributed by atoms with van der Waals surface area (Å²) in [6.07, 6.45) is 1.88. The molecule has 3 aromatic rings. The molecule has 0 saturated heterocycles. The third kappa shape index (κ3) is 5.35. The number of hydrogen-bond acceptors (Lipinski definition) is 3. The number of hydrogen-bond donors (Lipinski definition) is 1. The van der Waals surface area contributed by atoms with Crippen molar-refractivity contribution in [2.24, 2.45) is 0 Å². The highest BCUT2D eigenvalue weighted by Crippen LogP contribution is 2.32. The molecule has 154 valence electrons. The van der Waals surface area contributed by atoms with Crippen molar-refractivity contribution in [2.75, 3.05) is 6.61 Å². The summed E-state index contributed by atoms with van der Waals surface area (Å²) >= 11 is 0. The molecule has 0 aliphatic rings. The van der Waals surface area contributed by atoms with Crippen LogP contribution < -0.4 is 5.32 Å². The number of carbonyl (C=O) groups is 2. The van der Waals surface area contributed by atoms with Gasteiger partial charge in [0.2, 0.25) is 5.91 Å². The normalized spacial score (nSPS) is 11.0. The second-order valence-corrected chi connectivity index (χ2v) is 7.39. The maximum Gasteiger partial charge on any atom is 0.413 e. The zero-order valence-corrected chi connectivity index (χ0v) is 17.2. The Labute approximate surface area is 177 Å². The van der Waals surface area contributed by atoms with Crippen LogP contribution in [0.2, 0.25) is 0 Å². The molecule has 0 bridgehead atoms. The van der Waals surface area contributed by atoms with Crippen molar-refractivity contribution >= 4 is 12.0 Å². The average Bonchev–Trinajstić information content (AvgIpc) is 2.80. The standard InChI is InChI=1S/C26H27NO3/c1-26(22-16-7-3-8-17-22,23-18-9-4-10-19-23)24(28)27-25(29)30-20-12-11-15-21-13-5-2-6-14-21/h2-10,13-14,16-19H,11-12,15,20H2,1H3,(H,27,28,29). The third-order valence-electron chi connectivity index (χ3n) is 5.31. The Balaban J connectivity index is 1.57. The van der Waals surface area contributed by atoms with Gasteiger partial charge >= 0.3 is 6.09 Å². The number of ether oxygens (including phenoxy) is 1. The zero-order chi connectivity index (χ0) is 21.2. The third-order valence-corrected chi connectivity index (χ3v) is 5.31. The first-order valence-corrected chi connectivity index (χ1v) is 10.2. The van der Waals surface area contributed by atoms with Gasteiger partial charge in [-0.25, -0.2) is 4.79 Å². The van der Waals surface area contributed by atoms with E-state index >= 15 is 0 Å². The minimum atomic E-state index is -1.01. The van der Waals surface area contributed by atoms with E-state index in [0.717, 1.165) is 30.4 Å². The predicted molar refractivity (Wildman–Crippen MR) is 118 cm³/mol. The van der Waals surface area contributed by atoms with Crippen LogP contribution in [0.15, 0.2) is 91.0 Å². The number of unbranched alkanes of at least 4 members (excludes halogenated alkanes) is 1. The first-order valence-electron chi connectivity index (χ1n) is 10.2. The predicted octanol–water partition coefficient (Wildman–Crippen LogP) is 5.27. The number of nitrogens with one attached hydrogen (secondary N) is 1. The lowest BCUT2D eigenvalue weighted by Gasteiger charge is -2.29. The highest BCUT2D eigenvalue weighted by Gasteiger charge is 2.38. The molecule has 0 unspecified atom stereocenters. The molecular weight excluding hydrogens is 374 g/mol. The van der Waals surface area contributed by atoms with Gasteiger partial charge in [0.05, 0.1) is 12.0 Å². The van der Waals surface area contributed by atoms with E-state index < -0.39 is 17.4 Å². The van der Waals surface area contributed by atoms with E-state index in [-0.39, 0.29) is 6.61 Å². The second kappa shape index (κ2) is 10.4. The fourth-order valence-electron chi connectivity index (χ4n) is 3.47. The smallest absolute Gasteiger partial charge is 0.413 e. The van der Waals surface area contributed by atoms with Gasteiger partial charge in [-0.15, -0.1) is 0 Å². The maximum atomic E-state index is 13.1. The van der Waals surface area contributed by atoms with E-state index in [1.165, 1.54) is 5.56 Å². The summed E-state index contributed by atoms with van der Waals surface area (Å²) < 4.78 is 5.25. The van der Waals surface area contributed by atoms with Gasteiger partial charge < -0.3 is 4.74 Å². The molecule has 2 amide bonds. The summed E-state index contributed by atoms with van der Waals surface area (Å²) in [6.45, 7) is 2.10. The van der Waals surface area contributed by atoms with Gasteiger partial charge in [0.15, 0.2) is 0 Å². The molecule has 3 aromatic carbocycles. The number of rotatable bonds is 8. The lowest BCUT2D eigenvalue weighted by atomic mass is 9.75. The molecule has 0 spiro atoms. The van der Waals surface area contributed by atoms with Crippen LogP contribution >= 0.6 is 0 Å². The molecule has 30 heavy (non-hydrogen) atoms. The highest BCUT2D eigenvalue weighted by molar-refractivity contribution is 6.00. The average molecular weight is 402 g/mol. The molecule has 3 rings (SSSR count). The molecule has 0 saturated carbocycles. The van der Waals surface area contributed by atoms with Crippen molar-refractivity contribution in [1.29, 1.82) is 0 Å². The number of imide groups is 1. The number of carbonyl (C=O) groups excluding carboxylic acids is 2. The maximum absolute atomic E-state index is 13.1. The molecule has 0 heterocycles. The van der Waals surface area contributed by atoms with Crippen molar-refractivity contribution in [2.45, 2.75) is 31.6 Å². The lowest BCUT2D eigenvalue weighted by Crippen LogP contribution is -2.45. The van der Waals surface area contributed by atoms with E-state index in [1.54, 1.807) is 0 Å². The topological polar surface area (TPSA) is 55.4 Å². The van der Waals surface area contributed by atoms with Gasteiger partial charge in [-0.2, -0.15) is 0 Å². The van der Waals surface area contributed by atoms with Crippen LogP contribution in [0.1, 0.15) is 36.5 Å². The summed E-state index contributed by atoms with van der Waals surface area (Å²) in [6, 6.07) is 29.1. The van der Waals surface area contributed by atoms with Crippen molar-refractivity contribution in [3.05, 3.63) is 108 Å². The largest absolute Gasteiger partial charge is 0.449 e.